The number of aldehydes is 1. The zero-order valence-corrected chi connectivity index (χ0v) is 24.9. The molecule has 0 N–H and O–H groups in total. The summed E-state index contributed by atoms with van der Waals surface area (Å²) in [5.41, 5.74) is 0.00153. The van der Waals surface area contributed by atoms with Crippen LogP contribution in [0.5, 0.6) is 0 Å². The van der Waals surface area contributed by atoms with Gasteiger partial charge in [0, 0.05) is 11.0 Å². The maximum atomic E-state index is 13.4. The van der Waals surface area contributed by atoms with E-state index in [0.29, 0.717) is 17.4 Å². The zero-order chi connectivity index (χ0) is 29.4. The minimum atomic E-state index is -4.15. The van der Waals surface area contributed by atoms with E-state index in [1.54, 1.807) is 27.7 Å². The molecular weight excluding hydrogens is 523 g/mol. The fourth-order valence-corrected chi connectivity index (χ4v) is 6.62. The first-order valence-electron chi connectivity index (χ1n) is 13.8. The first-order valence-corrected chi connectivity index (χ1v) is 15.2. The molecule has 0 amide bonds. The van der Waals surface area contributed by atoms with E-state index in [1.165, 1.54) is 6.08 Å². The van der Waals surface area contributed by atoms with E-state index in [4.69, 9.17) is 18.3 Å². The van der Waals surface area contributed by atoms with E-state index in [9.17, 15) is 23.7 Å². The summed E-state index contributed by atoms with van der Waals surface area (Å²) in [6.07, 6.45) is 6.69. The van der Waals surface area contributed by atoms with Crippen LogP contribution < -0.4 is 0 Å². The number of hydrogen-bond acceptors (Lipinski definition) is 9. The summed E-state index contributed by atoms with van der Waals surface area (Å²) in [5.74, 6) is -3.11. The fraction of sp³-hybridized carbons (Fsp3) is 0.655. The molecule has 0 aromatic rings. The molecule has 0 aromatic carbocycles. The Bertz CT molecular complexity index is 1050. The quantitative estimate of drug-likeness (QED) is 0.106. The van der Waals surface area contributed by atoms with Gasteiger partial charge in [0.1, 0.15) is 12.4 Å². The van der Waals surface area contributed by atoms with Crippen LogP contribution in [0, 0.1) is 23.2 Å². The van der Waals surface area contributed by atoms with Gasteiger partial charge in [-0.1, -0.05) is 46.3 Å². The summed E-state index contributed by atoms with van der Waals surface area (Å²) >= 11 is 0. The van der Waals surface area contributed by atoms with Gasteiger partial charge in [-0.05, 0) is 69.6 Å². The highest BCUT2D eigenvalue weighted by molar-refractivity contribution is 7.49. The van der Waals surface area contributed by atoms with Crippen molar-refractivity contribution in [1.29, 1.82) is 0 Å². The molecule has 0 radical (unpaired) electrons. The molecule has 5 atom stereocenters. The van der Waals surface area contributed by atoms with Gasteiger partial charge in [0.2, 0.25) is 0 Å². The van der Waals surface area contributed by atoms with Crippen LogP contribution >= 0.6 is 7.82 Å². The number of phosphoric acid groups is 1. The first kappa shape index (κ1) is 32.9. The highest BCUT2D eigenvalue weighted by Gasteiger charge is 2.54. The molecule has 0 spiro atoms. The monoisotopic (exact) mass is 566 g/mol. The maximum Gasteiger partial charge on any atom is 0.532 e. The highest BCUT2D eigenvalue weighted by Crippen LogP contribution is 2.56. The summed E-state index contributed by atoms with van der Waals surface area (Å²) < 4.78 is 34.4. The minimum absolute atomic E-state index is 0.00926. The highest BCUT2D eigenvalue weighted by atomic mass is 31.2. The molecule has 0 aromatic heterocycles. The van der Waals surface area contributed by atoms with Crippen molar-refractivity contribution in [3.8, 4) is 0 Å². The van der Waals surface area contributed by atoms with E-state index in [2.05, 4.69) is 13.5 Å². The van der Waals surface area contributed by atoms with E-state index in [0.717, 1.165) is 19.3 Å². The molecule has 0 bridgehead atoms. The summed E-state index contributed by atoms with van der Waals surface area (Å²) in [7, 11) is -4.15. The molecule has 2 rings (SSSR count). The Morgan fingerprint density at radius 2 is 1.85 bits per heavy atom. The number of allylic oxidation sites excluding steroid dienone is 3. The fourth-order valence-electron chi connectivity index (χ4n) is 5.46. The number of ether oxygens (including phenoxy) is 1. The Morgan fingerprint density at radius 1 is 1.21 bits per heavy atom. The van der Waals surface area contributed by atoms with Crippen LogP contribution in [0.2, 0.25) is 0 Å². The standard InChI is InChI=1S/C29H43O9P/c1-8-11-12-19(4)15-20(5)27(32)37-26-14-13-23(28(33)38-39(34,35-9-2)36-10-3)29(7)17-22(21(6)18-30)25(31)16-24(26)29/h15-16,18-19,22-23,26H,6,8-14,17H2,1-5,7H3/b20-15-/t19?,22-,23+,26+,29+/m0/s1. The molecular formula is C29H43O9P. The second kappa shape index (κ2) is 14.3. The van der Waals surface area contributed by atoms with Gasteiger partial charge in [-0.3, -0.25) is 23.4 Å². The van der Waals surface area contributed by atoms with Crippen LogP contribution in [0.4, 0.5) is 0 Å². The number of carbonyl (C=O) groups excluding carboxylic acids is 4. The van der Waals surface area contributed by atoms with Crippen molar-refractivity contribution in [3.05, 3.63) is 35.5 Å². The lowest BCUT2D eigenvalue weighted by atomic mass is 9.56. The van der Waals surface area contributed by atoms with E-state index in [1.807, 2.05) is 13.0 Å². The number of hydrogen-bond donors (Lipinski definition) is 0. The molecule has 2 aliphatic rings. The molecule has 1 unspecified atom stereocenters. The number of ketones is 1. The van der Waals surface area contributed by atoms with Crippen molar-refractivity contribution in [2.75, 3.05) is 13.2 Å². The SMILES string of the molecule is C=C(C=O)[C@@H]1C[C@@]2(C)C(=CC1=O)[C@H](OC(=O)/C(C)=C\C(C)CCCC)CC[C@@H]2C(=O)OP(=O)(OCC)OCC. The third-order valence-corrected chi connectivity index (χ3v) is 9.09. The van der Waals surface area contributed by atoms with Crippen LogP contribution in [0.25, 0.3) is 0 Å². The van der Waals surface area contributed by atoms with Gasteiger partial charge in [0.15, 0.2) is 5.78 Å². The van der Waals surface area contributed by atoms with Crippen LogP contribution in [0.1, 0.15) is 80.1 Å². The van der Waals surface area contributed by atoms with Crippen molar-refractivity contribution in [3.63, 3.8) is 0 Å². The molecule has 1 fully saturated rings. The molecule has 0 heterocycles. The number of carbonyl (C=O) groups is 4. The summed E-state index contributed by atoms with van der Waals surface area (Å²) in [6.45, 7) is 14.6. The molecule has 2 aliphatic carbocycles. The Labute approximate surface area is 232 Å². The van der Waals surface area contributed by atoms with E-state index in [-0.39, 0.29) is 49.8 Å². The topological polar surface area (TPSA) is 122 Å². The second-order valence-electron chi connectivity index (χ2n) is 10.6. The number of esters is 1. The van der Waals surface area contributed by atoms with Crippen molar-refractivity contribution in [1.82, 2.24) is 0 Å². The van der Waals surface area contributed by atoms with Gasteiger partial charge in [-0.2, -0.15) is 0 Å². The summed E-state index contributed by atoms with van der Waals surface area (Å²) in [6, 6.07) is 0. The molecule has 0 saturated heterocycles. The number of fused-ring (bicyclic) bond motifs is 1. The lowest BCUT2D eigenvalue weighted by Crippen LogP contribution is -2.49. The van der Waals surface area contributed by atoms with E-state index < -0.39 is 43.1 Å². The van der Waals surface area contributed by atoms with Gasteiger partial charge in [0.05, 0.1) is 25.0 Å². The number of rotatable bonds is 14. The molecule has 0 aliphatic heterocycles. The van der Waals surface area contributed by atoms with Crippen molar-refractivity contribution >= 4 is 31.8 Å². The van der Waals surface area contributed by atoms with Crippen molar-refractivity contribution < 1.29 is 42.1 Å². The molecule has 218 valence electrons. The molecule has 10 heteroatoms. The maximum absolute atomic E-state index is 13.4. The molecule has 1 saturated carbocycles. The lowest BCUT2D eigenvalue weighted by Gasteiger charge is -2.48. The average Bonchev–Trinajstić information content (AvgIpc) is 2.87. The zero-order valence-electron chi connectivity index (χ0n) is 24.0. The van der Waals surface area contributed by atoms with Gasteiger partial charge < -0.3 is 9.26 Å². The van der Waals surface area contributed by atoms with Gasteiger partial charge in [-0.25, -0.2) is 9.36 Å². The number of unbranched alkanes of at least 4 members (excludes halogenated alkanes) is 1. The average molecular weight is 567 g/mol. The molecule has 9 nitrogen and oxygen atoms in total. The Hall–Kier alpha value is -2.35. The van der Waals surface area contributed by atoms with Gasteiger partial charge in [-0.15, -0.1) is 0 Å². The van der Waals surface area contributed by atoms with Gasteiger partial charge >= 0.3 is 19.8 Å². The number of phosphoric ester groups is 1. The summed E-state index contributed by atoms with van der Waals surface area (Å²) in [5, 5.41) is 0. The lowest BCUT2D eigenvalue weighted by molar-refractivity contribution is -0.152. The van der Waals surface area contributed by atoms with Crippen LogP contribution in [0.3, 0.4) is 0 Å². The van der Waals surface area contributed by atoms with Crippen molar-refractivity contribution in [2.24, 2.45) is 23.2 Å². The van der Waals surface area contributed by atoms with Crippen molar-refractivity contribution in [2.45, 2.75) is 86.2 Å². The predicted octanol–water partition coefficient (Wildman–Crippen LogP) is 6.08. The van der Waals surface area contributed by atoms with Crippen LogP contribution in [0.15, 0.2) is 35.5 Å². The second-order valence-corrected chi connectivity index (χ2v) is 12.1. The third-order valence-electron chi connectivity index (χ3n) is 7.54. The van der Waals surface area contributed by atoms with E-state index >= 15 is 0 Å². The third kappa shape index (κ3) is 8.09. The Balaban J connectivity index is 2.40. The predicted molar refractivity (Wildman–Crippen MR) is 147 cm³/mol. The summed E-state index contributed by atoms with van der Waals surface area (Å²) in [4.78, 5) is 51.0. The molecule has 39 heavy (non-hydrogen) atoms. The van der Waals surface area contributed by atoms with Gasteiger partial charge in [0.25, 0.3) is 0 Å². The normalized spacial score (nSPS) is 26.2. The first-order chi connectivity index (χ1) is 18.3. The van der Waals surface area contributed by atoms with Crippen LogP contribution in [-0.2, 0) is 42.1 Å². The Morgan fingerprint density at radius 3 is 2.41 bits per heavy atom. The Kier molecular flexibility index (Phi) is 12.1. The smallest absolute Gasteiger partial charge is 0.454 e. The minimum Gasteiger partial charge on any atom is -0.454 e. The largest absolute Gasteiger partial charge is 0.532 e. The van der Waals surface area contributed by atoms with Crippen LogP contribution in [-0.4, -0.2) is 43.3 Å².